The second-order valence-corrected chi connectivity index (χ2v) is 11.5. The van der Waals surface area contributed by atoms with Crippen molar-refractivity contribution >= 4 is 11.6 Å². The minimum Gasteiger partial charge on any atom is -0.457 e. The summed E-state index contributed by atoms with van der Waals surface area (Å²) in [5.74, 6) is 2.37. The van der Waals surface area contributed by atoms with E-state index in [1.807, 2.05) is 35.2 Å². The first-order chi connectivity index (χ1) is 20.6. The molecule has 0 saturated heterocycles. The largest absolute Gasteiger partial charge is 0.457 e. The van der Waals surface area contributed by atoms with Gasteiger partial charge >= 0.3 is 0 Å². The Balaban J connectivity index is 1.28. The fourth-order valence-corrected chi connectivity index (χ4v) is 6.50. The first-order valence-electron chi connectivity index (χ1n) is 15.3. The summed E-state index contributed by atoms with van der Waals surface area (Å²) in [5, 5.41) is 29.7. The lowest BCUT2D eigenvalue weighted by Gasteiger charge is -2.35. The molecule has 2 aromatic carbocycles. The smallest absolute Gasteiger partial charge is 0.274 e. The maximum absolute atomic E-state index is 13.7. The number of hydrogen-bond acceptors (Lipinski definition) is 8. The SMILES string of the molecule is O=C(CC[C@H](NCc1cc(Oc2ccccc2)ccc1[N+](=O)[O-])C1CCCCC1)N(Cc1nnn[nH]1)C1CCCCC1. The van der Waals surface area contributed by atoms with Crippen molar-refractivity contribution in [3.63, 3.8) is 0 Å². The third-order valence-electron chi connectivity index (χ3n) is 8.71. The predicted octanol–water partition coefficient (Wildman–Crippen LogP) is 6.08. The second-order valence-electron chi connectivity index (χ2n) is 11.5. The highest BCUT2D eigenvalue weighted by molar-refractivity contribution is 5.76. The van der Waals surface area contributed by atoms with E-state index in [-0.39, 0.29) is 28.6 Å². The highest BCUT2D eigenvalue weighted by Gasteiger charge is 2.29. The fraction of sp³-hybridized carbons (Fsp3) is 0.548. The van der Waals surface area contributed by atoms with Gasteiger partial charge < -0.3 is 15.0 Å². The molecular weight excluding hydrogens is 534 g/mol. The molecule has 1 heterocycles. The molecule has 1 atom stereocenters. The highest BCUT2D eigenvalue weighted by atomic mass is 16.6. The zero-order chi connectivity index (χ0) is 29.1. The lowest BCUT2D eigenvalue weighted by Crippen LogP contribution is -2.43. The van der Waals surface area contributed by atoms with Crippen molar-refractivity contribution in [2.24, 2.45) is 5.92 Å². The van der Waals surface area contributed by atoms with Gasteiger partial charge in [0.05, 0.1) is 11.5 Å². The number of H-pyrrole nitrogens is 1. The minimum absolute atomic E-state index is 0.0607. The number of amides is 1. The zero-order valence-electron chi connectivity index (χ0n) is 24.1. The number of aromatic nitrogens is 4. The maximum atomic E-state index is 13.7. The van der Waals surface area contributed by atoms with Crippen LogP contribution in [0, 0.1) is 16.0 Å². The molecule has 42 heavy (non-hydrogen) atoms. The summed E-state index contributed by atoms with van der Waals surface area (Å²) >= 11 is 0. The molecule has 11 nitrogen and oxygen atoms in total. The van der Waals surface area contributed by atoms with Gasteiger partial charge in [0.15, 0.2) is 5.82 Å². The summed E-state index contributed by atoms with van der Waals surface area (Å²) in [6, 6.07) is 14.6. The molecule has 2 N–H and O–H groups in total. The monoisotopic (exact) mass is 575 g/mol. The third kappa shape index (κ3) is 8.12. The molecule has 0 spiro atoms. The first-order valence-corrected chi connectivity index (χ1v) is 15.3. The average molecular weight is 576 g/mol. The predicted molar refractivity (Wildman–Crippen MR) is 158 cm³/mol. The van der Waals surface area contributed by atoms with Crippen LogP contribution < -0.4 is 10.1 Å². The van der Waals surface area contributed by atoms with Crippen LogP contribution in [-0.2, 0) is 17.9 Å². The summed E-state index contributed by atoms with van der Waals surface area (Å²) in [6.45, 7) is 0.714. The van der Waals surface area contributed by atoms with Crippen LogP contribution in [0.5, 0.6) is 11.5 Å². The van der Waals surface area contributed by atoms with Gasteiger partial charge in [-0.05, 0) is 72.7 Å². The summed E-state index contributed by atoms with van der Waals surface area (Å²) in [5.41, 5.74) is 0.632. The van der Waals surface area contributed by atoms with Crippen LogP contribution in [0.4, 0.5) is 5.69 Å². The maximum Gasteiger partial charge on any atom is 0.274 e. The van der Waals surface area contributed by atoms with Gasteiger partial charge in [0.25, 0.3) is 5.69 Å². The first kappa shape index (κ1) is 29.6. The fourth-order valence-electron chi connectivity index (χ4n) is 6.50. The number of hydrogen-bond donors (Lipinski definition) is 2. The standard InChI is InChI=1S/C31H41N7O4/c39-31(37(22-30-33-35-36-34-30)25-12-6-2-7-13-25)19-17-28(23-10-4-1-5-11-23)32-21-24-20-27(16-18-29(24)38(40)41)42-26-14-8-3-9-15-26/h3,8-9,14-16,18,20,23,25,28,32H,1-2,4-7,10-13,17,19,21-22H2,(H,33,34,35,36)/t28-/m0/s1. The number of carbonyl (C=O) groups excluding carboxylic acids is 1. The Labute approximate surface area is 246 Å². The number of nitro benzene ring substituents is 1. The molecule has 1 amide bonds. The van der Waals surface area contributed by atoms with Crippen molar-refractivity contribution in [3.05, 3.63) is 70.0 Å². The van der Waals surface area contributed by atoms with Gasteiger partial charge in [-0.3, -0.25) is 14.9 Å². The van der Waals surface area contributed by atoms with Crippen molar-refractivity contribution in [2.45, 2.75) is 102 Å². The number of nitro groups is 1. The Morgan fingerprint density at radius 3 is 2.45 bits per heavy atom. The van der Waals surface area contributed by atoms with Gasteiger partial charge in [-0.15, -0.1) is 5.10 Å². The molecule has 2 aliphatic rings. The molecule has 11 heteroatoms. The van der Waals surface area contributed by atoms with Crippen molar-refractivity contribution in [3.8, 4) is 11.5 Å². The summed E-state index contributed by atoms with van der Waals surface area (Å²) < 4.78 is 5.97. The summed E-state index contributed by atoms with van der Waals surface area (Å²) in [6.07, 6.45) is 12.3. The Morgan fingerprint density at radius 2 is 1.76 bits per heavy atom. The van der Waals surface area contributed by atoms with E-state index in [1.54, 1.807) is 12.1 Å². The molecule has 0 aliphatic heterocycles. The second kappa shape index (κ2) is 14.9. The summed E-state index contributed by atoms with van der Waals surface area (Å²) in [4.78, 5) is 27.2. The third-order valence-corrected chi connectivity index (χ3v) is 8.71. The number of benzene rings is 2. The number of nitrogens with zero attached hydrogens (tertiary/aromatic N) is 5. The topological polar surface area (TPSA) is 139 Å². The number of carbonyl (C=O) groups is 1. The average Bonchev–Trinajstić information content (AvgIpc) is 3.54. The number of aromatic amines is 1. The lowest BCUT2D eigenvalue weighted by atomic mass is 9.82. The Bertz CT molecular complexity index is 1280. The molecule has 3 aromatic rings. The quantitative estimate of drug-likeness (QED) is 0.185. The molecule has 1 aromatic heterocycles. The molecule has 0 radical (unpaired) electrons. The molecule has 0 unspecified atom stereocenters. The van der Waals surface area contributed by atoms with Crippen LogP contribution in [0.15, 0.2) is 48.5 Å². The van der Waals surface area contributed by atoms with E-state index in [9.17, 15) is 14.9 Å². The number of para-hydroxylation sites is 1. The highest BCUT2D eigenvalue weighted by Crippen LogP contribution is 2.32. The number of ether oxygens (including phenoxy) is 1. The van der Waals surface area contributed by atoms with Crippen molar-refractivity contribution < 1.29 is 14.5 Å². The molecule has 0 bridgehead atoms. The van der Waals surface area contributed by atoms with E-state index in [4.69, 9.17) is 4.74 Å². The van der Waals surface area contributed by atoms with Crippen molar-refractivity contribution in [1.82, 2.24) is 30.8 Å². The van der Waals surface area contributed by atoms with E-state index in [2.05, 4.69) is 25.9 Å². The van der Waals surface area contributed by atoms with Crippen molar-refractivity contribution in [1.29, 1.82) is 0 Å². The van der Waals surface area contributed by atoms with E-state index in [0.29, 0.717) is 54.7 Å². The number of rotatable bonds is 13. The normalized spacial score (nSPS) is 17.0. The number of nitrogens with one attached hydrogen (secondary N) is 2. The molecular formula is C31H41N7O4. The molecule has 2 saturated carbocycles. The van der Waals surface area contributed by atoms with Crippen LogP contribution in [0.25, 0.3) is 0 Å². The van der Waals surface area contributed by atoms with Gasteiger partial charge in [-0.1, -0.05) is 56.7 Å². The molecule has 2 fully saturated rings. The lowest BCUT2D eigenvalue weighted by molar-refractivity contribution is -0.385. The summed E-state index contributed by atoms with van der Waals surface area (Å²) in [7, 11) is 0. The van der Waals surface area contributed by atoms with Gasteiger partial charge in [-0.25, -0.2) is 5.10 Å². The van der Waals surface area contributed by atoms with Gasteiger partial charge in [-0.2, -0.15) is 0 Å². The van der Waals surface area contributed by atoms with Gasteiger partial charge in [0, 0.05) is 36.7 Å². The van der Waals surface area contributed by atoms with Crippen LogP contribution in [0.1, 0.15) is 88.4 Å². The van der Waals surface area contributed by atoms with Crippen LogP contribution in [-0.4, -0.2) is 48.4 Å². The molecule has 2 aliphatic carbocycles. The number of tetrazole rings is 1. The zero-order valence-corrected chi connectivity index (χ0v) is 24.1. The van der Waals surface area contributed by atoms with E-state index in [1.165, 1.54) is 31.7 Å². The minimum atomic E-state index is -0.344. The molecule has 5 rings (SSSR count). The van der Waals surface area contributed by atoms with Crippen LogP contribution >= 0.6 is 0 Å². The molecule has 224 valence electrons. The Kier molecular flexibility index (Phi) is 10.5. The Morgan fingerprint density at radius 1 is 1.02 bits per heavy atom. The van der Waals surface area contributed by atoms with E-state index < -0.39 is 0 Å². The van der Waals surface area contributed by atoms with Crippen molar-refractivity contribution in [2.75, 3.05) is 0 Å². The van der Waals surface area contributed by atoms with E-state index >= 15 is 0 Å². The van der Waals surface area contributed by atoms with Gasteiger partial charge in [0.2, 0.25) is 5.91 Å². The van der Waals surface area contributed by atoms with E-state index in [0.717, 1.165) is 38.5 Å². The van der Waals surface area contributed by atoms with Gasteiger partial charge in [0.1, 0.15) is 11.5 Å². The Hall–Kier alpha value is -3.86. The van der Waals surface area contributed by atoms with Crippen LogP contribution in [0.2, 0.25) is 0 Å². The van der Waals surface area contributed by atoms with Crippen LogP contribution in [0.3, 0.4) is 0 Å².